The maximum atomic E-state index is 13.3. The lowest BCUT2D eigenvalue weighted by molar-refractivity contribution is -0.120. The minimum atomic E-state index is -3.41. The molecule has 2 aromatic heterocycles. The molecule has 0 spiro atoms. The first-order valence-electron chi connectivity index (χ1n) is 11.3. The molecule has 1 aliphatic carbocycles. The summed E-state index contributed by atoms with van der Waals surface area (Å²) in [7, 11) is -3.41. The SMILES string of the molecule is CC(C)c1cc(-c2cncc(C#N)c2)ccc1NC(=O)C(C)(C)c1csc(NS(=O)(=O)C2CC2)n1. The maximum Gasteiger partial charge on any atom is 0.237 e. The van der Waals surface area contributed by atoms with Crippen molar-refractivity contribution in [1.29, 1.82) is 5.26 Å². The van der Waals surface area contributed by atoms with Crippen LogP contribution in [-0.4, -0.2) is 29.5 Å². The lowest BCUT2D eigenvalue weighted by Gasteiger charge is -2.23. The molecule has 0 atom stereocenters. The molecule has 2 N–H and O–H groups in total. The molecule has 0 bridgehead atoms. The molecule has 1 aliphatic rings. The highest BCUT2D eigenvalue weighted by Gasteiger charge is 2.37. The Hall–Kier alpha value is -3.29. The fourth-order valence-corrected chi connectivity index (χ4v) is 6.05. The van der Waals surface area contributed by atoms with E-state index in [0.29, 0.717) is 29.8 Å². The van der Waals surface area contributed by atoms with Crippen molar-refractivity contribution in [3.05, 3.63) is 58.9 Å². The van der Waals surface area contributed by atoms with Crippen LogP contribution in [0.15, 0.2) is 42.0 Å². The Labute approximate surface area is 209 Å². The molecule has 8 nitrogen and oxygen atoms in total. The van der Waals surface area contributed by atoms with Crippen molar-refractivity contribution < 1.29 is 13.2 Å². The number of nitriles is 1. The van der Waals surface area contributed by atoms with E-state index in [9.17, 15) is 18.5 Å². The van der Waals surface area contributed by atoms with Gasteiger partial charge in [-0.1, -0.05) is 19.9 Å². The largest absolute Gasteiger partial charge is 0.325 e. The number of hydrogen-bond donors (Lipinski definition) is 2. The number of thiazole rings is 1. The molecule has 35 heavy (non-hydrogen) atoms. The third-order valence-electron chi connectivity index (χ3n) is 6.03. The van der Waals surface area contributed by atoms with Crippen LogP contribution in [0.5, 0.6) is 0 Å². The minimum Gasteiger partial charge on any atom is -0.325 e. The van der Waals surface area contributed by atoms with E-state index in [4.69, 9.17) is 0 Å². The van der Waals surface area contributed by atoms with Gasteiger partial charge in [0, 0.05) is 29.0 Å². The Morgan fingerprint density at radius 2 is 1.94 bits per heavy atom. The summed E-state index contributed by atoms with van der Waals surface area (Å²) in [5, 5.41) is 13.9. The number of amides is 1. The first kappa shape index (κ1) is 24.8. The number of aromatic nitrogens is 2. The molecule has 0 saturated heterocycles. The minimum absolute atomic E-state index is 0.128. The zero-order chi connectivity index (χ0) is 25.4. The van der Waals surface area contributed by atoms with Crippen molar-refractivity contribution in [2.45, 2.75) is 57.1 Å². The number of carbonyl (C=O) groups is 1. The predicted molar refractivity (Wildman–Crippen MR) is 138 cm³/mol. The fraction of sp³-hybridized carbons (Fsp3) is 0.360. The summed E-state index contributed by atoms with van der Waals surface area (Å²) < 4.78 is 27.0. The average molecular weight is 510 g/mol. The number of rotatable bonds is 8. The molecule has 0 aliphatic heterocycles. The Morgan fingerprint density at radius 1 is 1.20 bits per heavy atom. The fourth-order valence-electron chi connectivity index (χ4n) is 3.58. The zero-order valence-electron chi connectivity index (χ0n) is 20.0. The highest BCUT2D eigenvalue weighted by Crippen LogP contribution is 2.35. The topological polar surface area (TPSA) is 125 Å². The third-order valence-corrected chi connectivity index (χ3v) is 8.74. The summed E-state index contributed by atoms with van der Waals surface area (Å²) in [6.07, 6.45) is 4.56. The third kappa shape index (κ3) is 5.36. The molecule has 1 fully saturated rings. The van der Waals surface area contributed by atoms with Gasteiger partial charge in [-0.2, -0.15) is 5.26 Å². The van der Waals surface area contributed by atoms with Crippen molar-refractivity contribution in [3.63, 3.8) is 0 Å². The van der Waals surface area contributed by atoms with Gasteiger partial charge in [0.25, 0.3) is 0 Å². The van der Waals surface area contributed by atoms with Crippen LogP contribution in [0.1, 0.15) is 63.3 Å². The van der Waals surface area contributed by atoms with E-state index in [2.05, 4.69) is 26.1 Å². The number of hydrogen-bond acceptors (Lipinski definition) is 7. The second-order valence-corrected chi connectivity index (χ2v) is 12.3. The van der Waals surface area contributed by atoms with Gasteiger partial charge in [0.1, 0.15) is 6.07 Å². The van der Waals surface area contributed by atoms with Crippen LogP contribution in [0.4, 0.5) is 10.8 Å². The van der Waals surface area contributed by atoms with Gasteiger partial charge in [-0.05, 0) is 61.9 Å². The number of sulfonamides is 1. The summed E-state index contributed by atoms with van der Waals surface area (Å²) in [6, 6.07) is 9.63. The first-order valence-corrected chi connectivity index (χ1v) is 13.7. The molecular weight excluding hydrogens is 482 g/mol. The Balaban J connectivity index is 1.56. The molecule has 182 valence electrons. The standard InChI is InChI=1S/C25H27N5O3S2/c1-15(2)20-10-17(18-9-16(11-26)12-27-13-18)5-8-21(20)28-23(31)25(3,4)22-14-34-24(29-22)30-35(32,33)19-6-7-19/h5,8-10,12-15,19H,6-7H2,1-4H3,(H,28,31)(H,29,30). The monoisotopic (exact) mass is 509 g/mol. The Morgan fingerprint density at radius 3 is 2.60 bits per heavy atom. The normalized spacial score (nSPS) is 13.9. The van der Waals surface area contributed by atoms with Gasteiger partial charge >= 0.3 is 0 Å². The molecule has 0 radical (unpaired) electrons. The second-order valence-electron chi connectivity index (χ2n) is 9.49. The van der Waals surface area contributed by atoms with Crippen LogP contribution >= 0.6 is 11.3 Å². The summed E-state index contributed by atoms with van der Waals surface area (Å²) in [5.41, 5.74) is 3.36. The van der Waals surface area contributed by atoms with E-state index >= 15 is 0 Å². The van der Waals surface area contributed by atoms with E-state index < -0.39 is 15.4 Å². The van der Waals surface area contributed by atoms with Crippen molar-refractivity contribution in [2.75, 3.05) is 10.0 Å². The molecule has 0 unspecified atom stereocenters. The van der Waals surface area contributed by atoms with Crippen LogP contribution in [0.3, 0.4) is 0 Å². The summed E-state index contributed by atoms with van der Waals surface area (Å²) in [6.45, 7) is 7.61. The lowest BCUT2D eigenvalue weighted by atomic mass is 9.88. The molecular formula is C25H27N5O3S2. The highest BCUT2D eigenvalue weighted by atomic mass is 32.2. The van der Waals surface area contributed by atoms with Gasteiger partial charge in [0.15, 0.2) is 5.13 Å². The lowest BCUT2D eigenvalue weighted by Crippen LogP contribution is -2.35. The highest BCUT2D eigenvalue weighted by molar-refractivity contribution is 7.93. The van der Waals surface area contributed by atoms with E-state index in [1.807, 2.05) is 32.0 Å². The van der Waals surface area contributed by atoms with E-state index in [1.165, 1.54) is 17.5 Å². The summed E-state index contributed by atoms with van der Waals surface area (Å²) >= 11 is 1.17. The van der Waals surface area contributed by atoms with E-state index in [0.717, 1.165) is 16.7 Å². The number of carbonyl (C=O) groups excluding carboxylic acids is 1. The van der Waals surface area contributed by atoms with Gasteiger partial charge in [-0.25, -0.2) is 13.4 Å². The predicted octanol–water partition coefficient (Wildman–Crippen LogP) is 5.02. The van der Waals surface area contributed by atoms with Crippen molar-refractivity contribution in [3.8, 4) is 17.2 Å². The van der Waals surface area contributed by atoms with Crippen LogP contribution in [0, 0.1) is 11.3 Å². The van der Waals surface area contributed by atoms with Gasteiger partial charge in [-0.15, -0.1) is 11.3 Å². The average Bonchev–Trinajstić information content (AvgIpc) is 3.59. The number of nitrogens with one attached hydrogen (secondary N) is 2. The van der Waals surface area contributed by atoms with Crippen LogP contribution in [-0.2, 0) is 20.2 Å². The number of pyridine rings is 1. The van der Waals surface area contributed by atoms with Gasteiger partial charge < -0.3 is 5.32 Å². The summed E-state index contributed by atoms with van der Waals surface area (Å²) in [4.78, 5) is 21.9. The smallest absolute Gasteiger partial charge is 0.237 e. The molecule has 10 heteroatoms. The first-order chi connectivity index (χ1) is 16.5. The maximum absolute atomic E-state index is 13.3. The number of nitrogens with zero attached hydrogens (tertiary/aromatic N) is 3. The molecule has 1 aromatic carbocycles. The molecule has 4 rings (SSSR count). The zero-order valence-corrected chi connectivity index (χ0v) is 21.6. The van der Waals surface area contributed by atoms with Crippen LogP contribution < -0.4 is 10.0 Å². The molecule has 1 amide bonds. The summed E-state index contributed by atoms with van der Waals surface area (Å²) in [5.74, 6) is -0.120. The number of anilines is 2. The van der Waals surface area contributed by atoms with Crippen molar-refractivity contribution >= 4 is 38.1 Å². The van der Waals surface area contributed by atoms with Crippen LogP contribution in [0.2, 0.25) is 0 Å². The van der Waals surface area contributed by atoms with E-state index in [-0.39, 0.29) is 22.2 Å². The van der Waals surface area contributed by atoms with Gasteiger partial charge in [0.2, 0.25) is 15.9 Å². The van der Waals surface area contributed by atoms with Gasteiger partial charge in [0.05, 0.1) is 21.9 Å². The number of benzene rings is 1. The Bertz CT molecular complexity index is 1420. The quantitative estimate of drug-likeness (QED) is 0.439. The van der Waals surface area contributed by atoms with Crippen molar-refractivity contribution in [2.24, 2.45) is 0 Å². The Kier molecular flexibility index (Phi) is 6.66. The molecule has 3 aromatic rings. The second kappa shape index (κ2) is 9.40. The molecule has 2 heterocycles. The van der Waals surface area contributed by atoms with E-state index in [1.54, 1.807) is 31.5 Å². The molecule has 1 saturated carbocycles. The van der Waals surface area contributed by atoms with Gasteiger partial charge in [-0.3, -0.25) is 14.5 Å². The van der Waals surface area contributed by atoms with Crippen LogP contribution in [0.25, 0.3) is 11.1 Å². The van der Waals surface area contributed by atoms with Crippen molar-refractivity contribution in [1.82, 2.24) is 9.97 Å².